The highest BCUT2D eigenvalue weighted by Crippen LogP contribution is 2.30. The van der Waals surface area contributed by atoms with Gasteiger partial charge in [0.2, 0.25) is 0 Å². The molecule has 2 heterocycles. The molecule has 0 aliphatic carbocycles. The Balaban J connectivity index is 1.58. The molecule has 0 saturated carbocycles. The van der Waals surface area contributed by atoms with Crippen LogP contribution in [0.2, 0.25) is 0 Å². The summed E-state index contributed by atoms with van der Waals surface area (Å²) in [6.45, 7) is 0. The van der Waals surface area contributed by atoms with E-state index in [2.05, 4.69) is 10.3 Å². The van der Waals surface area contributed by atoms with Crippen LogP contribution in [-0.4, -0.2) is 15.3 Å². The molecule has 4 aromatic rings. The number of nitrogens with zero attached hydrogens (tertiary/aromatic N) is 2. The summed E-state index contributed by atoms with van der Waals surface area (Å²) in [4.78, 5) is 17.7. The summed E-state index contributed by atoms with van der Waals surface area (Å²) < 4.78 is 40.4. The van der Waals surface area contributed by atoms with Crippen LogP contribution >= 0.6 is 11.3 Å². The Morgan fingerprint density at radius 1 is 1.11 bits per heavy atom. The second kappa shape index (κ2) is 6.55. The molecular formula is C19H12F3N3OS. The smallest absolute Gasteiger partial charge is 0.322 e. The van der Waals surface area contributed by atoms with Crippen molar-refractivity contribution in [1.29, 1.82) is 0 Å². The number of carbonyl (C=O) groups excluding carboxylic acids is 1. The number of imidazole rings is 1. The molecule has 8 heteroatoms. The number of benzene rings is 2. The van der Waals surface area contributed by atoms with E-state index in [1.54, 1.807) is 18.2 Å². The van der Waals surface area contributed by atoms with Crippen molar-refractivity contribution in [1.82, 2.24) is 9.38 Å². The second-order valence-corrected chi connectivity index (χ2v) is 6.71. The van der Waals surface area contributed by atoms with E-state index in [0.717, 1.165) is 28.4 Å². The lowest BCUT2D eigenvalue weighted by atomic mass is 10.1. The number of alkyl halides is 3. The zero-order chi connectivity index (χ0) is 19.0. The third kappa shape index (κ3) is 3.56. The molecule has 0 unspecified atom stereocenters. The summed E-state index contributed by atoms with van der Waals surface area (Å²) in [5.41, 5.74) is 1.11. The van der Waals surface area contributed by atoms with Gasteiger partial charge in [0.25, 0.3) is 5.91 Å². The second-order valence-electron chi connectivity index (χ2n) is 5.83. The molecule has 0 atom stereocenters. The Labute approximate surface area is 155 Å². The van der Waals surface area contributed by atoms with Gasteiger partial charge in [0.1, 0.15) is 0 Å². The first-order valence-corrected chi connectivity index (χ1v) is 8.79. The quantitative estimate of drug-likeness (QED) is 0.516. The lowest BCUT2D eigenvalue weighted by Crippen LogP contribution is -2.13. The predicted octanol–water partition coefficient (Wildman–Crippen LogP) is 5.33. The Kier molecular flexibility index (Phi) is 4.19. The number of nitrogens with one attached hydrogen (secondary N) is 1. The van der Waals surface area contributed by atoms with Gasteiger partial charge in [-0.25, -0.2) is 4.98 Å². The summed E-state index contributed by atoms with van der Waals surface area (Å²) >= 11 is 1.51. The van der Waals surface area contributed by atoms with Crippen molar-refractivity contribution in [3.8, 4) is 11.3 Å². The average molecular weight is 387 g/mol. The van der Waals surface area contributed by atoms with Crippen molar-refractivity contribution in [3.05, 3.63) is 77.4 Å². The van der Waals surface area contributed by atoms with Crippen LogP contribution in [0, 0.1) is 0 Å². The molecule has 2 aromatic heterocycles. The SMILES string of the molecule is O=C(Nc1cccc(-c2cn3ccsc3n2)c1)c1cccc(C(F)(F)F)c1. The fourth-order valence-corrected chi connectivity index (χ4v) is 3.36. The zero-order valence-electron chi connectivity index (χ0n) is 13.7. The van der Waals surface area contributed by atoms with E-state index in [1.165, 1.54) is 23.5 Å². The summed E-state index contributed by atoms with van der Waals surface area (Å²) in [6, 6.07) is 11.3. The zero-order valence-corrected chi connectivity index (χ0v) is 14.5. The number of rotatable bonds is 3. The van der Waals surface area contributed by atoms with Gasteiger partial charge in [-0.15, -0.1) is 11.3 Å². The lowest BCUT2D eigenvalue weighted by molar-refractivity contribution is -0.137. The highest BCUT2D eigenvalue weighted by atomic mass is 32.1. The number of anilines is 1. The van der Waals surface area contributed by atoms with Gasteiger partial charge in [-0.1, -0.05) is 18.2 Å². The number of amides is 1. The van der Waals surface area contributed by atoms with Crippen LogP contribution < -0.4 is 5.32 Å². The van der Waals surface area contributed by atoms with Crippen LogP contribution in [0.25, 0.3) is 16.2 Å². The van der Waals surface area contributed by atoms with Crippen LogP contribution in [0.15, 0.2) is 66.3 Å². The topological polar surface area (TPSA) is 46.4 Å². The number of hydrogen-bond acceptors (Lipinski definition) is 3. The Morgan fingerprint density at radius 3 is 2.70 bits per heavy atom. The van der Waals surface area contributed by atoms with E-state index in [1.807, 2.05) is 28.2 Å². The molecule has 0 aliphatic rings. The molecule has 27 heavy (non-hydrogen) atoms. The lowest BCUT2D eigenvalue weighted by Gasteiger charge is -2.10. The fraction of sp³-hybridized carbons (Fsp3) is 0.0526. The minimum atomic E-state index is -4.50. The third-order valence-corrected chi connectivity index (χ3v) is 4.73. The van der Waals surface area contributed by atoms with Gasteiger partial charge in [-0.2, -0.15) is 13.2 Å². The van der Waals surface area contributed by atoms with Gasteiger partial charge < -0.3 is 5.32 Å². The molecule has 4 rings (SSSR count). The van der Waals surface area contributed by atoms with Crippen molar-refractivity contribution >= 4 is 27.9 Å². The average Bonchev–Trinajstić information content (AvgIpc) is 3.23. The van der Waals surface area contributed by atoms with Gasteiger partial charge in [0.15, 0.2) is 4.96 Å². The maximum atomic E-state index is 12.8. The number of halogens is 3. The van der Waals surface area contributed by atoms with Crippen LogP contribution in [0.3, 0.4) is 0 Å². The summed E-state index contributed by atoms with van der Waals surface area (Å²) in [5, 5.41) is 4.56. The maximum Gasteiger partial charge on any atom is 0.416 e. The molecule has 2 aromatic carbocycles. The monoisotopic (exact) mass is 387 g/mol. The Hall–Kier alpha value is -3.13. The van der Waals surface area contributed by atoms with Crippen molar-refractivity contribution in [2.75, 3.05) is 5.32 Å². The van der Waals surface area contributed by atoms with Crippen molar-refractivity contribution in [2.45, 2.75) is 6.18 Å². The third-order valence-electron chi connectivity index (χ3n) is 3.96. The maximum absolute atomic E-state index is 12.8. The molecule has 0 saturated heterocycles. The number of aromatic nitrogens is 2. The van der Waals surface area contributed by atoms with Crippen LogP contribution in [0.1, 0.15) is 15.9 Å². The minimum absolute atomic E-state index is 0.0577. The number of thiazole rings is 1. The largest absolute Gasteiger partial charge is 0.416 e. The summed E-state index contributed by atoms with van der Waals surface area (Å²) in [7, 11) is 0. The van der Waals surface area contributed by atoms with Crippen LogP contribution in [-0.2, 0) is 6.18 Å². The first kappa shape index (κ1) is 17.3. The van der Waals surface area contributed by atoms with E-state index in [0.29, 0.717) is 5.69 Å². The highest BCUT2D eigenvalue weighted by Gasteiger charge is 2.30. The number of carbonyl (C=O) groups is 1. The van der Waals surface area contributed by atoms with E-state index >= 15 is 0 Å². The first-order valence-electron chi connectivity index (χ1n) is 7.91. The van der Waals surface area contributed by atoms with E-state index in [9.17, 15) is 18.0 Å². The van der Waals surface area contributed by atoms with Crippen molar-refractivity contribution in [2.24, 2.45) is 0 Å². The fourth-order valence-electron chi connectivity index (χ4n) is 2.66. The van der Waals surface area contributed by atoms with E-state index < -0.39 is 17.6 Å². The molecule has 1 N–H and O–H groups in total. The molecule has 0 radical (unpaired) electrons. The van der Waals surface area contributed by atoms with Gasteiger partial charge >= 0.3 is 6.18 Å². The predicted molar refractivity (Wildman–Crippen MR) is 97.9 cm³/mol. The Bertz CT molecular complexity index is 1100. The Morgan fingerprint density at radius 2 is 1.93 bits per heavy atom. The van der Waals surface area contributed by atoms with Gasteiger partial charge in [-0.3, -0.25) is 9.20 Å². The van der Waals surface area contributed by atoms with Crippen LogP contribution in [0.4, 0.5) is 18.9 Å². The standard InChI is InChI=1S/C19H12F3N3OS/c20-19(21,22)14-5-1-4-13(9-14)17(26)23-15-6-2-3-12(10-15)16-11-25-7-8-27-18(25)24-16/h1-11H,(H,23,26). The molecule has 0 aliphatic heterocycles. The van der Waals surface area contributed by atoms with E-state index in [4.69, 9.17) is 0 Å². The molecule has 1 amide bonds. The highest BCUT2D eigenvalue weighted by molar-refractivity contribution is 7.15. The van der Waals surface area contributed by atoms with Crippen molar-refractivity contribution < 1.29 is 18.0 Å². The molecule has 0 bridgehead atoms. The molecule has 0 spiro atoms. The normalized spacial score (nSPS) is 11.7. The molecular weight excluding hydrogens is 375 g/mol. The number of fused-ring (bicyclic) bond motifs is 1. The van der Waals surface area contributed by atoms with Crippen molar-refractivity contribution in [3.63, 3.8) is 0 Å². The van der Waals surface area contributed by atoms with Crippen LogP contribution in [0.5, 0.6) is 0 Å². The first-order chi connectivity index (χ1) is 12.9. The summed E-state index contributed by atoms with van der Waals surface area (Å²) in [5.74, 6) is -0.607. The molecule has 0 fully saturated rings. The minimum Gasteiger partial charge on any atom is -0.322 e. The van der Waals surface area contributed by atoms with Gasteiger partial charge in [-0.05, 0) is 30.3 Å². The molecule has 4 nitrogen and oxygen atoms in total. The summed E-state index contributed by atoms with van der Waals surface area (Å²) in [6.07, 6.45) is -0.723. The van der Waals surface area contributed by atoms with E-state index in [-0.39, 0.29) is 5.56 Å². The van der Waals surface area contributed by atoms with Gasteiger partial charge in [0, 0.05) is 34.6 Å². The number of hydrogen-bond donors (Lipinski definition) is 1. The molecule has 136 valence electrons. The van der Waals surface area contributed by atoms with Gasteiger partial charge in [0.05, 0.1) is 11.3 Å².